The molecule has 2 amide bonds. The second kappa shape index (κ2) is 11.9. The number of nitrogens with zero attached hydrogens (tertiary/aromatic N) is 1. The molecule has 12 heteroatoms. The Bertz CT molecular complexity index is 1700. The van der Waals surface area contributed by atoms with Gasteiger partial charge in [0.05, 0.1) is 32.7 Å². The van der Waals surface area contributed by atoms with Gasteiger partial charge in [0.2, 0.25) is 29.0 Å². The van der Waals surface area contributed by atoms with Crippen LogP contribution in [0, 0.1) is 5.92 Å². The summed E-state index contributed by atoms with van der Waals surface area (Å²) < 4.78 is 23.5. The number of methoxy groups -OCH3 is 2. The highest BCUT2D eigenvalue weighted by atomic mass is 35.5. The number of furan rings is 1. The van der Waals surface area contributed by atoms with E-state index in [2.05, 4.69) is 5.32 Å². The summed E-state index contributed by atoms with van der Waals surface area (Å²) in [7, 11) is 2.84. The average molecular weight is 636 g/mol. The zero-order valence-corrected chi connectivity index (χ0v) is 26.0. The van der Waals surface area contributed by atoms with E-state index in [0.717, 1.165) is 0 Å². The summed E-state index contributed by atoms with van der Waals surface area (Å²) in [4.78, 5) is 55.7. The normalized spacial score (nSPS) is 21.3. The molecule has 1 aromatic heterocycles. The number of carbonyl (C=O) groups is 4. The minimum atomic E-state index is -1.94. The van der Waals surface area contributed by atoms with Crippen LogP contribution in [0.5, 0.6) is 17.2 Å². The average Bonchev–Trinajstić information content (AvgIpc) is 3.53. The van der Waals surface area contributed by atoms with Gasteiger partial charge in [0, 0.05) is 48.7 Å². The Labute approximate surface area is 264 Å². The highest BCUT2D eigenvalue weighted by molar-refractivity contribution is 6.36. The quantitative estimate of drug-likeness (QED) is 0.354. The fourth-order valence-electron chi connectivity index (χ4n) is 6.72. The van der Waals surface area contributed by atoms with Crippen LogP contribution in [0.4, 0.5) is 0 Å². The SMILES string of the molecule is COc1cc(OC)c2c(c1Cl)O[C@@]1(C(=O)c3c(oc(-c4ccccc4)c3CC(=O)NC3CCN(CC(N)=O)CC3)C[C@H]1C)C2=O. The highest BCUT2D eigenvalue weighted by Crippen LogP contribution is 2.54. The number of hydrogen-bond donors (Lipinski definition) is 2. The maximum Gasteiger partial charge on any atom is 0.237 e. The molecule has 6 rings (SSSR count). The summed E-state index contributed by atoms with van der Waals surface area (Å²) >= 11 is 6.59. The smallest absolute Gasteiger partial charge is 0.237 e. The molecular formula is C33H34ClN3O8. The number of likely N-dealkylation sites (tertiary alicyclic amines) is 1. The van der Waals surface area contributed by atoms with Gasteiger partial charge in [0.15, 0.2) is 5.75 Å². The zero-order valence-electron chi connectivity index (χ0n) is 25.2. The zero-order chi connectivity index (χ0) is 32.0. The number of ketones is 2. The molecule has 1 saturated heterocycles. The van der Waals surface area contributed by atoms with Crippen LogP contribution in [0.15, 0.2) is 40.8 Å². The number of hydrogen-bond acceptors (Lipinski definition) is 9. The Balaban J connectivity index is 1.36. The van der Waals surface area contributed by atoms with E-state index in [9.17, 15) is 19.2 Å². The second-order valence-corrected chi connectivity index (χ2v) is 12.1. The lowest BCUT2D eigenvalue weighted by molar-refractivity contribution is -0.122. The fourth-order valence-corrected chi connectivity index (χ4v) is 6.98. The van der Waals surface area contributed by atoms with Gasteiger partial charge in [-0.2, -0.15) is 0 Å². The van der Waals surface area contributed by atoms with E-state index in [4.69, 9.17) is 36.0 Å². The van der Waals surface area contributed by atoms with Crippen molar-refractivity contribution in [2.24, 2.45) is 11.7 Å². The first-order valence-corrected chi connectivity index (χ1v) is 15.2. The summed E-state index contributed by atoms with van der Waals surface area (Å²) in [6.45, 7) is 3.18. The van der Waals surface area contributed by atoms with Gasteiger partial charge in [-0.25, -0.2) is 0 Å². The van der Waals surface area contributed by atoms with Gasteiger partial charge in [-0.3, -0.25) is 24.1 Å². The number of nitrogens with one attached hydrogen (secondary N) is 1. The summed E-state index contributed by atoms with van der Waals surface area (Å²) in [5.41, 5.74) is 4.71. The van der Waals surface area contributed by atoms with Crippen molar-refractivity contribution in [3.63, 3.8) is 0 Å². The summed E-state index contributed by atoms with van der Waals surface area (Å²) in [6.07, 6.45) is 1.36. The van der Waals surface area contributed by atoms with Crippen molar-refractivity contribution < 1.29 is 37.8 Å². The molecule has 0 saturated carbocycles. The number of halogens is 1. The Morgan fingerprint density at radius 1 is 1.07 bits per heavy atom. The van der Waals surface area contributed by atoms with Crippen molar-refractivity contribution in [3.05, 3.63) is 63.9 Å². The molecule has 3 heterocycles. The molecule has 1 spiro atoms. The number of benzene rings is 2. The third kappa shape index (κ3) is 5.13. The molecule has 3 N–H and O–H groups in total. The minimum Gasteiger partial charge on any atom is -0.496 e. The second-order valence-electron chi connectivity index (χ2n) is 11.7. The summed E-state index contributed by atoms with van der Waals surface area (Å²) in [5, 5.41) is 3.14. The molecule has 1 fully saturated rings. The molecule has 3 aliphatic rings. The molecule has 0 radical (unpaired) electrons. The molecule has 0 unspecified atom stereocenters. The molecule has 45 heavy (non-hydrogen) atoms. The van der Waals surface area contributed by atoms with Crippen LogP contribution in [0.3, 0.4) is 0 Å². The summed E-state index contributed by atoms with van der Waals surface area (Å²) in [6, 6.07) is 10.6. The lowest BCUT2D eigenvalue weighted by Crippen LogP contribution is -2.56. The molecule has 0 bridgehead atoms. The van der Waals surface area contributed by atoms with Gasteiger partial charge in [-0.15, -0.1) is 0 Å². The largest absolute Gasteiger partial charge is 0.496 e. The van der Waals surface area contributed by atoms with E-state index >= 15 is 0 Å². The number of ether oxygens (including phenoxy) is 3. The van der Waals surface area contributed by atoms with Crippen molar-refractivity contribution in [2.45, 2.75) is 44.2 Å². The number of fused-ring (bicyclic) bond motifs is 2. The Kier molecular flexibility index (Phi) is 8.09. The predicted molar refractivity (Wildman–Crippen MR) is 164 cm³/mol. The van der Waals surface area contributed by atoms with Crippen molar-refractivity contribution >= 4 is 35.0 Å². The van der Waals surface area contributed by atoms with E-state index in [-0.39, 0.29) is 70.6 Å². The Hall–Kier alpha value is -4.35. The van der Waals surface area contributed by atoms with Gasteiger partial charge in [-0.05, 0) is 12.8 Å². The van der Waals surface area contributed by atoms with Gasteiger partial charge >= 0.3 is 0 Å². The van der Waals surface area contributed by atoms with Crippen LogP contribution in [-0.2, 0) is 22.4 Å². The highest BCUT2D eigenvalue weighted by Gasteiger charge is 2.63. The van der Waals surface area contributed by atoms with Crippen LogP contribution >= 0.6 is 11.6 Å². The maximum atomic E-state index is 14.7. The third-order valence-electron chi connectivity index (χ3n) is 8.95. The Morgan fingerprint density at radius 3 is 2.38 bits per heavy atom. The molecule has 1 aliphatic carbocycles. The number of carbonyl (C=O) groups excluding carboxylic acids is 4. The molecule has 11 nitrogen and oxygen atoms in total. The summed E-state index contributed by atoms with van der Waals surface area (Å²) in [5.74, 6) is -1.25. The molecule has 3 aromatic rings. The monoisotopic (exact) mass is 635 g/mol. The van der Waals surface area contributed by atoms with Crippen molar-refractivity contribution in [2.75, 3.05) is 33.9 Å². The number of primary amides is 1. The number of rotatable bonds is 8. The van der Waals surface area contributed by atoms with Crippen LogP contribution in [0.1, 0.15) is 51.8 Å². The van der Waals surface area contributed by atoms with Gasteiger partial charge in [0.1, 0.15) is 33.6 Å². The first-order valence-electron chi connectivity index (χ1n) is 14.8. The van der Waals surface area contributed by atoms with Gasteiger partial charge in [-0.1, -0.05) is 48.9 Å². The molecule has 2 aromatic carbocycles. The minimum absolute atomic E-state index is 0.0234. The number of Topliss-reactive ketones (excluding diaryl/α,β-unsaturated/α-hetero) is 2. The third-order valence-corrected chi connectivity index (χ3v) is 9.31. The van der Waals surface area contributed by atoms with E-state index < -0.39 is 23.1 Å². The standard InChI is InChI=1S/C33H34ClN3O8/c1-17-13-22-26(31(40)33(17)32(41)27-21(42-2)15-23(43-3)28(34)30(27)45-33)20(29(44-22)18-7-5-4-6-8-18)14-25(39)36-19-9-11-37(12-10-19)16-24(35)38/h4-8,15,17,19H,9-14,16H2,1-3H3,(H2,35,38)(H,36,39)/t17-,33+/m1/s1. The predicted octanol–water partition coefficient (Wildman–Crippen LogP) is 3.61. The number of piperidine rings is 1. The van der Waals surface area contributed by atoms with Crippen LogP contribution < -0.4 is 25.3 Å². The maximum absolute atomic E-state index is 14.7. The topological polar surface area (TPSA) is 150 Å². The van der Waals surface area contributed by atoms with Gasteiger partial charge in [0.25, 0.3) is 0 Å². The van der Waals surface area contributed by atoms with E-state index in [1.54, 1.807) is 6.92 Å². The number of amides is 2. The molecule has 236 valence electrons. The van der Waals surface area contributed by atoms with E-state index in [1.165, 1.54) is 20.3 Å². The van der Waals surface area contributed by atoms with E-state index in [0.29, 0.717) is 48.6 Å². The fraction of sp³-hybridized carbons (Fsp3) is 0.394. The van der Waals surface area contributed by atoms with Crippen LogP contribution in [-0.4, -0.2) is 73.8 Å². The lowest BCUT2D eigenvalue weighted by Gasteiger charge is -2.35. The van der Waals surface area contributed by atoms with Crippen LogP contribution in [0.2, 0.25) is 5.02 Å². The first-order chi connectivity index (χ1) is 21.6. The van der Waals surface area contributed by atoms with Gasteiger partial charge < -0.3 is 29.7 Å². The molecular weight excluding hydrogens is 602 g/mol. The molecule has 2 atom stereocenters. The lowest BCUT2D eigenvalue weighted by atomic mass is 9.70. The van der Waals surface area contributed by atoms with Crippen molar-refractivity contribution in [1.82, 2.24) is 10.2 Å². The van der Waals surface area contributed by atoms with Crippen molar-refractivity contribution in [1.29, 1.82) is 0 Å². The van der Waals surface area contributed by atoms with Crippen molar-refractivity contribution in [3.8, 4) is 28.6 Å². The van der Waals surface area contributed by atoms with E-state index in [1.807, 2.05) is 35.2 Å². The first kappa shape index (κ1) is 30.7. The number of nitrogens with two attached hydrogens (primary N) is 1. The van der Waals surface area contributed by atoms with Crippen LogP contribution in [0.25, 0.3) is 11.3 Å². The Morgan fingerprint density at radius 2 is 1.73 bits per heavy atom. The molecule has 2 aliphatic heterocycles.